The van der Waals surface area contributed by atoms with Crippen molar-refractivity contribution in [2.45, 2.75) is 337 Å². The fourth-order valence-corrected chi connectivity index (χ4v) is 25.2. The molecule has 0 amide bonds. The summed E-state index contributed by atoms with van der Waals surface area (Å²) >= 11 is 8.40. The van der Waals surface area contributed by atoms with Crippen molar-refractivity contribution in [2.24, 2.45) is 11.8 Å². The lowest BCUT2D eigenvalue weighted by atomic mass is 9.93. The Morgan fingerprint density at radius 1 is 0.420 bits per heavy atom. The molecule has 0 fully saturated rings. The van der Waals surface area contributed by atoms with E-state index in [1.165, 1.54) is 202 Å². The summed E-state index contributed by atoms with van der Waals surface area (Å²) in [5.74, 6) is -5.12. The van der Waals surface area contributed by atoms with Crippen LogP contribution in [0.2, 0.25) is 0 Å². The van der Waals surface area contributed by atoms with Gasteiger partial charge in [-0.15, -0.1) is 45.3 Å². The summed E-state index contributed by atoms with van der Waals surface area (Å²) in [6.45, 7) is 31.5. The number of allylic oxidation sites excluding steroid dienone is 8. The predicted octanol–water partition coefficient (Wildman–Crippen LogP) is 33.3. The van der Waals surface area contributed by atoms with E-state index in [1.807, 2.05) is 47.0 Å². The van der Waals surface area contributed by atoms with Gasteiger partial charge in [0.1, 0.15) is 11.0 Å². The van der Waals surface area contributed by atoms with Crippen molar-refractivity contribution < 1.29 is 27.2 Å². The van der Waals surface area contributed by atoms with Gasteiger partial charge in [0.15, 0.2) is 34.8 Å². The Morgan fingerprint density at radius 3 is 1.13 bits per heavy atom. The Balaban J connectivity index is 1.14. The number of nitrogens with zero attached hydrogens (tertiary/aromatic N) is 8. The molecule has 119 heavy (non-hydrogen) atoms. The zero-order valence-electron chi connectivity index (χ0n) is 71.2. The summed E-state index contributed by atoms with van der Waals surface area (Å²) in [5, 5.41) is 23.2. The molecule has 0 spiro atoms. The number of nitriles is 2. The topological polar surface area (TPSA) is 126 Å². The van der Waals surface area contributed by atoms with E-state index in [0.717, 1.165) is 216 Å². The highest BCUT2D eigenvalue weighted by molar-refractivity contribution is 7.34. The predicted molar refractivity (Wildman–Crippen MR) is 497 cm³/mol. The lowest BCUT2D eigenvalue weighted by molar-refractivity contribution is 0.103. The van der Waals surface area contributed by atoms with Crippen LogP contribution in [0.5, 0.6) is 0 Å². The maximum Gasteiger partial charge on any atom is 0.270 e. The molecular formula is C100H120F4N8O2S5. The molecule has 10 nitrogen and oxygen atoms in total. The number of hydrogen-bond donors (Lipinski definition) is 0. The third-order valence-corrected chi connectivity index (χ3v) is 30.8. The molecule has 0 N–H and O–H groups in total. The number of Topliss-reactive ketones (excluding diaryl/α,β-unsaturated/α-hetero) is 2. The summed E-state index contributed by atoms with van der Waals surface area (Å²) in [6, 6.07) is 7.66. The van der Waals surface area contributed by atoms with Gasteiger partial charge in [0.05, 0.1) is 87.3 Å². The number of aromatic nitrogens is 4. The average molecular weight is 1700 g/mol. The monoisotopic (exact) mass is 1700 g/mol. The molecule has 2 aliphatic carbocycles. The van der Waals surface area contributed by atoms with Gasteiger partial charge in [-0.05, 0) is 122 Å². The molecule has 7 aromatic heterocycles. The van der Waals surface area contributed by atoms with Crippen molar-refractivity contribution in [1.82, 2.24) is 17.9 Å². The Kier molecular flexibility index (Phi) is 34.0. The highest BCUT2D eigenvalue weighted by atomic mass is 32.1. The fourth-order valence-electron chi connectivity index (χ4n) is 18.7. The summed E-state index contributed by atoms with van der Waals surface area (Å²) in [4.78, 5) is 38.5. The molecule has 2 unspecified atom stereocenters. The molecule has 3 aromatic carbocycles. The number of fused-ring (bicyclic) bond motifs is 16. The van der Waals surface area contributed by atoms with Gasteiger partial charge in [-0.2, -0.15) is 8.75 Å². The molecule has 0 saturated heterocycles. The van der Waals surface area contributed by atoms with Crippen molar-refractivity contribution in [3.05, 3.63) is 148 Å². The summed E-state index contributed by atoms with van der Waals surface area (Å²) in [7, 11) is 0. The summed E-state index contributed by atoms with van der Waals surface area (Å²) in [5.41, 5.74) is 8.22. The maximum atomic E-state index is 15.5. The number of unbranched alkanes of at least 4 members (excludes halogenated alkanes) is 32. The number of aryl methyl sites for hydroxylation is 2. The van der Waals surface area contributed by atoms with Crippen LogP contribution in [-0.2, 0) is 25.9 Å². The number of halogens is 4. The van der Waals surface area contributed by atoms with Gasteiger partial charge in [-0.25, -0.2) is 37.8 Å². The number of ketones is 2. The van der Waals surface area contributed by atoms with Crippen molar-refractivity contribution in [3.63, 3.8) is 0 Å². The van der Waals surface area contributed by atoms with E-state index >= 15 is 22.4 Å². The minimum atomic E-state index is -1.18. The smallest absolute Gasteiger partial charge is 0.270 e. The second-order valence-corrected chi connectivity index (χ2v) is 38.4. The van der Waals surface area contributed by atoms with Gasteiger partial charge in [0.25, 0.3) is 11.4 Å². The van der Waals surface area contributed by atoms with Crippen LogP contribution in [0.4, 0.5) is 17.6 Å². The highest BCUT2D eigenvalue weighted by Crippen LogP contribution is 2.56. The minimum absolute atomic E-state index is 0.00393. The van der Waals surface area contributed by atoms with Crippen LogP contribution in [0.3, 0.4) is 0 Å². The first-order chi connectivity index (χ1) is 58.2. The summed E-state index contributed by atoms with van der Waals surface area (Å²) < 4.78 is 84.5. The van der Waals surface area contributed by atoms with Crippen LogP contribution >= 0.6 is 57.1 Å². The van der Waals surface area contributed by atoms with Crippen LogP contribution < -0.4 is 0 Å². The van der Waals surface area contributed by atoms with Crippen molar-refractivity contribution >= 4 is 164 Å². The second-order valence-electron chi connectivity index (χ2n) is 33.8. The molecule has 0 bridgehead atoms. The zero-order valence-corrected chi connectivity index (χ0v) is 75.3. The Morgan fingerprint density at radius 2 is 0.748 bits per heavy atom. The number of carbonyl (C=O) groups excluding carboxylic acids is 2. The highest BCUT2D eigenvalue weighted by Gasteiger charge is 2.38. The molecule has 0 aliphatic heterocycles. The van der Waals surface area contributed by atoms with Crippen molar-refractivity contribution in [3.8, 4) is 12.1 Å². The van der Waals surface area contributed by atoms with Crippen molar-refractivity contribution in [2.75, 3.05) is 0 Å². The van der Waals surface area contributed by atoms with Crippen LogP contribution in [0.15, 0.2) is 59.0 Å². The van der Waals surface area contributed by atoms with Gasteiger partial charge < -0.3 is 9.13 Å². The number of rotatable bonds is 51. The van der Waals surface area contributed by atoms with E-state index in [4.69, 9.17) is 21.9 Å². The quantitative estimate of drug-likeness (QED) is 0.0123. The number of thiophene rings is 4. The normalized spacial score (nSPS) is 15.1. The van der Waals surface area contributed by atoms with Crippen molar-refractivity contribution in [1.29, 1.82) is 10.5 Å². The molecule has 2 aliphatic rings. The standard InChI is InChI=1S/C100H120F4N8O2S5/c1-9-15-21-27-31-33-35-39-45-52-67-81(55-47-54-69-83(79(61-105)107-7)70-56-75(101)77(103)58-72(70)93(69)113)115-99-91-97(117-95(67)99)85-87-88(110-119-109-87)86-90(89(85)111(91)63-65(48-41-25-19-13-5)50-43-37-29-23-17-11-3)112(64-66(49-42-26-20-14-6)51-44-38-30-24-18-12-4)92-98(86)118-96-68(53-46-40-36-34-32-28-22-16-10-2)82(116-100(92)96)60-74-84(80(62-106)108-8)71-57-76(102)78(104)59-73(71)94(74)114/h47,54-60,65-66H,9-46,48-53,63-64H2,1-6H3/b55-47+,69-54-,74-60-,83-79-,84-80?. The Labute approximate surface area is 723 Å². The van der Waals surface area contributed by atoms with E-state index in [-0.39, 0.29) is 55.9 Å². The van der Waals surface area contributed by atoms with E-state index in [1.54, 1.807) is 28.7 Å². The molecule has 19 heteroatoms. The van der Waals surface area contributed by atoms with Gasteiger partial charge in [-0.1, -0.05) is 285 Å². The first kappa shape index (κ1) is 90.4. The first-order valence-corrected chi connectivity index (χ1v) is 49.5. The second kappa shape index (κ2) is 44.8. The lowest BCUT2D eigenvalue weighted by Crippen LogP contribution is -2.14. The zero-order chi connectivity index (χ0) is 83.9. The fraction of sp³-hybridized carbons (Fsp3) is 0.540. The summed E-state index contributed by atoms with van der Waals surface area (Å²) in [6.07, 6.45) is 57.7. The van der Waals surface area contributed by atoms with Gasteiger partial charge in [-0.3, -0.25) is 9.59 Å². The molecular weight excluding hydrogens is 1580 g/mol. The number of carbonyl (C=O) groups is 2. The van der Waals surface area contributed by atoms with Gasteiger partial charge in [0, 0.05) is 67.0 Å². The molecule has 0 radical (unpaired) electrons. The first-order valence-electron chi connectivity index (χ1n) is 45.5. The minimum Gasteiger partial charge on any atom is -0.337 e. The Hall–Kier alpha value is -7.88. The van der Waals surface area contributed by atoms with Crippen LogP contribution in [0, 0.1) is 70.9 Å². The van der Waals surface area contributed by atoms with Crippen LogP contribution in [-0.4, -0.2) is 29.4 Å². The molecule has 12 rings (SSSR count). The molecule has 2 atom stereocenters. The van der Waals surface area contributed by atoms with Crippen LogP contribution in [0.25, 0.3) is 105 Å². The molecule has 630 valence electrons. The average Bonchev–Trinajstić information content (AvgIpc) is 1.50. The molecule has 7 heterocycles. The maximum absolute atomic E-state index is 15.5. The van der Waals surface area contributed by atoms with E-state index in [0.29, 0.717) is 18.3 Å². The van der Waals surface area contributed by atoms with Crippen LogP contribution in [0.1, 0.15) is 364 Å². The van der Waals surface area contributed by atoms with Gasteiger partial charge >= 0.3 is 0 Å². The van der Waals surface area contributed by atoms with E-state index in [2.05, 4.69) is 66.4 Å². The van der Waals surface area contributed by atoms with E-state index < -0.39 is 34.8 Å². The third kappa shape index (κ3) is 20.6. The SMILES string of the molecule is [C-]#[N+]C(C#N)=C1/C(=C/c2sc3c(sc4c5c6nsnc6c6c7sc8c(CCCCCCCCCCC)c(/C=C/C=C9\C(=O)c%10cc(F)c(F)cc%10\C9=C(\C#N)[N+]#[C-])sc8c7n(CC(CCCCCC)CCCCCCCC)c6c5n(CC(CCCCCC)CCCCCCCC)c34)c2CCCCCCCCCCC)C(=O)c2cc(F)c(F)cc21. The number of benzene rings is 3. The lowest BCUT2D eigenvalue weighted by Gasteiger charge is -2.22. The third-order valence-electron chi connectivity index (χ3n) is 25.1. The van der Waals surface area contributed by atoms with Gasteiger partial charge in [0.2, 0.25) is 0 Å². The molecule has 10 aromatic rings. The van der Waals surface area contributed by atoms with E-state index in [9.17, 15) is 15.3 Å². The Bertz CT molecular complexity index is 5560. The number of hydrogen-bond acceptors (Lipinski definition) is 11. The largest absolute Gasteiger partial charge is 0.337 e. The molecule has 0 saturated carbocycles.